The van der Waals surface area contributed by atoms with E-state index in [0.29, 0.717) is 13.0 Å². The highest BCUT2D eigenvalue weighted by atomic mass is 16.5. The Morgan fingerprint density at radius 3 is 2.59 bits per heavy atom. The van der Waals surface area contributed by atoms with Crippen molar-refractivity contribution in [3.05, 3.63) is 29.8 Å². The van der Waals surface area contributed by atoms with E-state index in [9.17, 15) is 9.59 Å². The van der Waals surface area contributed by atoms with Gasteiger partial charge in [-0.2, -0.15) is 0 Å². The lowest BCUT2D eigenvalue weighted by Gasteiger charge is -2.13. The molecular formula is C13H15NO3. The lowest BCUT2D eigenvalue weighted by Crippen LogP contribution is -2.33. The minimum Gasteiger partial charge on any atom is -0.497 e. The number of amides is 2. The standard InChI is InChI=1S/C13H15NO3/c1-17-11-6-4-10(5-7-11)9-13(16)14-8-2-3-12(14)15/h4-7H,2-3,8-9H2,1H3. The Kier molecular flexibility index (Phi) is 3.42. The zero-order valence-corrected chi connectivity index (χ0v) is 9.81. The third-order valence-corrected chi connectivity index (χ3v) is 2.89. The van der Waals surface area contributed by atoms with Crippen molar-refractivity contribution in [3.63, 3.8) is 0 Å². The van der Waals surface area contributed by atoms with E-state index in [1.54, 1.807) is 7.11 Å². The van der Waals surface area contributed by atoms with Crippen molar-refractivity contribution in [3.8, 4) is 5.75 Å². The Labute approximate surface area is 100 Å². The van der Waals surface area contributed by atoms with Crippen molar-refractivity contribution in [2.24, 2.45) is 0 Å². The number of imide groups is 1. The average Bonchev–Trinajstić information content (AvgIpc) is 2.76. The molecule has 4 nitrogen and oxygen atoms in total. The fraction of sp³-hybridized carbons (Fsp3) is 0.385. The van der Waals surface area contributed by atoms with Crippen molar-refractivity contribution < 1.29 is 14.3 Å². The van der Waals surface area contributed by atoms with E-state index in [0.717, 1.165) is 17.7 Å². The normalized spacial score (nSPS) is 15.1. The molecule has 0 N–H and O–H groups in total. The highest BCUT2D eigenvalue weighted by Crippen LogP contribution is 2.15. The van der Waals surface area contributed by atoms with Crippen LogP contribution in [-0.2, 0) is 16.0 Å². The molecule has 2 rings (SSSR count). The van der Waals surface area contributed by atoms with E-state index < -0.39 is 0 Å². The van der Waals surface area contributed by atoms with Crippen molar-refractivity contribution in [2.45, 2.75) is 19.3 Å². The summed E-state index contributed by atoms with van der Waals surface area (Å²) in [6.45, 7) is 0.563. The Balaban J connectivity index is 2.00. The van der Waals surface area contributed by atoms with Crippen LogP contribution in [0, 0.1) is 0 Å². The van der Waals surface area contributed by atoms with Crippen LogP contribution in [0.2, 0.25) is 0 Å². The summed E-state index contributed by atoms with van der Waals surface area (Å²) >= 11 is 0. The van der Waals surface area contributed by atoms with Gasteiger partial charge in [-0.25, -0.2) is 0 Å². The monoisotopic (exact) mass is 233 g/mol. The Morgan fingerprint density at radius 1 is 1.35 bits per heavy atom. The van der Waals surface area contributed by atoms with Crippen molar-refractivity contribution in [1.29, 1.82) is 0 Å². The van der Waals surface area contributed by atoms with E-state index in [1.807, 2.05) is 24.3 Å². The first-order valence-electron chi connectivity index (χ1n) is 5.67. The number of methoxy groups -OCH3 is 1. The fourth-order valence-electron chi connectivity index (χ4n) is 1.93. The van der Waals surface area contributed by atoms with Crippen molar-refractivity contribution in [2.75, 3.05) is 13.7 Å². The predicted octanol–water partition coefficient (Wildman–Crippen LogP) is 1.39. The second kappa shape index (κ2) is 4.99. The quantitative estimate of drug-likeness (QED) is 0.792. The molecule has 1 saturated heterocycles. The Morgan fingerprint density at radius 2 is 2.06 bits per heavy atom. The first kappa shape index (κ1) is 11.6. The van der Waals surface area contributed by atoms with Crippen LogP contribution in [-0.4, -0.2) is 30.4 Å². The largest absolute Gasteiger partial charge is 0.497 e. The SMILES string of the molecule is COc1ccc(CC(=O)N2CCCC2=O)cc1. The van der Waals surface area contributed by atoms with Crippen LogP contribution in [0.5, 0.6) is 5.75 Å². The summed E-state index contributed by atoms with van der Waals surface area (Å²) in [4.78, 5) is 24.6. The van der Waals surface area contributed by atoms with E-state index in [1.165, 1.54) is 4.90 Å². The summed E-state index contributed by atoms with van der Waals surface area (Å²) in [6, 6.07) is 7.32. The molecule has 0 spiro atoms. The lowest BCUT2D eigenvalue weighted by atomic mass is 10.1. The molecule has 0 bridgehead atoms. The molecule has 1 fully saturated rings. The predicted molar refractivity (Wildman–Crippen MR) is 62.7 cm³/mol. The number of rotatable bonds is 3. The van der Waals surface area contributed by atoms with Gasteiger partial charge in [0.25, 0.3) is 0 Å². The third kappa shape index (κ3) is 2.64. The van der Waals surface area contributed by atoms with Crippen LogP contribution in [0.25, 0.3) is 0 Å². The van der Waals surface area contributed by atoms with Crippen LogP contribution in [0.4, 0.5) is 0 Å². The number of hydrogen-bond donors (Lipinski definition) is 0. The second-order valence-electron chi connectivity index (χ2n) is 4.07. The molecule has 4 heteroatoms. The van der Waals surface area contributed by atoms with Gasteiger partial charge >= 0.3 is 0 Å². The molecule has 0 radical (unpaired) electrons. The topological polar surface area (TPSA) is 46.6 Å². The number of hydrogen-bond acceptors (Lipinski definition) is 3. The number of ether oxygens (including phenoxy) is 1. The second-order valence-corrected chi connectivity index (χ2v) is 4.07. The summed E-state index contributed by atoms with van der Waals surface area (Å²) in [7, 11) is 1.60. The van der Waals surface area contributed by atoms with Crippen molar-refractivity contribution >= 4 is 11.8 Å². The molecule has 0 saturated carbocycles. The number of benzene rings is 1. The minimum atomic E-state index is -0.113. The molecular weight excluding hydrogens is 218 g/mol. The van der Waals surface area contributed by atoms with Crippen LogP contribution in [0.3, 0.4) is 0 Å². The number of likely N-dealkylation sites (tertiary alicyclic amines) is 1. The molecule has 0 atom stereocenters. The fourth-order valence-corrected chi connectivity index (χ4v) is 1.93. The molecule has 1 aromatic rings. The van der Waals surface area contributed by atoms with Gasteiger partial charge in [0.15, 0.2) is 0 Å². The number of carbonyl (C=O) groups excluding carboxylic acids is 2. The zero-order valence-electron chi connectivity index (χ0n) is 9.81. The van der Waals surface area contributed by atoms with E-state index in [4.69, 9.17) is 4.74 Å². The molecule has 90 valence electrons. The summed E-state index contributed by atoms with van der Waals surface area (Å²) in [5.74, 6) is 0.597. The van der Waals surface area contributed by atoms with Gasteiger partial charge < -0.3 is 4.74 Å². The first-order valence-corrected chi connectivity index (χ1v) is 5.67. The van der Waals surface area contributed by atoms with Gasteiger partial charge in [0, 0.05) is 13.0 Å². The minimum absolute atomic E-state index is 0.0523. The van der Waals surface area contributed by atoms with Gasteiger partial charge in [-0.3, -0.25) is 14.5 Å². The van der Waals surface area contributed by atoms with E-state index in [2.05, 4.69) is 0 Å². The molecule has 1 aliphatic heterocycles. The van der Waals surface area contributed by atoms with Crippen LogP contribution >= 0.6 is 0 Å². The Hall–Kier alpha value is -1.84. The highest BCUT2D eigenvalue weighted by Gasteiger charge is 2.25. The van der Waals surface area contributed by atoms with Gasteiger partial charge in [0.05, 0.1) is 13.5 Å². The Bertz CT molecular complexity index is 425. The summed E-state index contributed by atoms with van der Waals surface area (Å²) in [5, 5.41) is 0. The van der Waals surface area contributed by atoms with Gasteiger partial charge in [-0.1, -0.05) is 12.1 Å². The highest BCUT2D eigenvalue weighted by molar-refractivity contribution is 5.97. The maximum Gasteiger partial charge on any atom is 0.233 e. The van der Waals surface area contributed by atoms with Gasteiger partial charge in [0.1, 0.15) is 5.75 Å². The van der Waals surface area contributed by atoms with Crippen LogP contribution in [0.15, 0.2) is 24.3 Å². The average molecular weight is 233 g/mol. The van der Waals surface area contributed by atoms with E-state index >= 15 is 0 Å². The number of carbonyl (C=O) groups is 2. The molecule has 17 heavy (non-hydrogen) atoms. The summed E-state index contributed by atoms with van der Waals surface area (Å²) in [5.41, 5.74) is 0.899. The van der Waals surface area contributed by atoms with Crippen molar-refractivity contribution in [1.82, 2.24) is 4.90 Å². The lowest BCUT2D eigenvalue weighted by molar-refractivity contribution is -0.141. The summed E-state index contributed by atoms with van der Waals surface area (Å²) < 4.78 is 5.04. The molecule has 1 heterocycles. The first-order chi connectivity index (χ1) is 8.20. The summed E-state index contributed by atoms with van der Waals surface area (Å²) in [6.07, 6.45) is 1.55. The molecule has 0 aliphatic carbocycles. The van der Waals surface area contributed by atoms with Gasteiger partial charge in [-0.05, 0) is 24.1 Å². The molecule has 0 unspecified atom stereocenters. The maximum absolute atomic E-state index is 11.9. The molecule has 1 aromatic carbocycles. The smallest absolute Gasteiger partial charge is 0.233 e. The van der Waals surface area contributed by atoms with Gasteiger partial charge in [-0.15, -0.1) is 0 Å². The third-order valence-electron chi connectivity index (χ3n) is 2.89. The van der Waals surface area contributed by atoms with Crippen LogP contribution < -0.4 is 4.74 Å². The van der Waals surface area contributed by atoms with Gasteiger partial charge in [0.2, 0.25) is 11.8 Å². The van der Waals surface area contributed by atoms with Crippen LogP contribution in [0.1, 0.15) is 18.4 Å². The maximum atomic E-state index is 11.9. The van der Waals surface area contributed by atoms with E-state index in [-0.39, 0.29) is 18.2 Å². The molecule has 2 amide bonds. The zero-order chi connectivity index (χ0) is 12.3. The number of nitrogens with zero attached hydrogens (tertiary/aromatic N) is 1. The molecule has 0 aromatic heterocycles. The molecule has 1 aliphatic rings.